The largest absolute Gasteiger partial charge is 0.0817 e. The first-order chi connectivity index (χ1) is 8.50. The van der Waals surface area contributed by atoms with Crippen LogP contribution in [0.1, 0.15) is 44.9 Å². The Morgan fingerprint density at radius 3 is 1.18 bits per heavy atom. The van der Waals surface area contributed by atoms with Crippen LogP contribution in [0.5, 0.6) is 0 Å². The van der Waals surface area contributed by atoms with E-state index < -0.39 is 0 Å². The summed E-state index contributed by atoms with van der Waals surface area (Å²) in [5, 5.41) is 0. The molecule has 17 heavy (non-hydrogen) atoms. The molecule has 0 saturated carbocycles. The molecular formula is C9H18S8. The van der Waals surface area contributed by atoms with Gasteiger partial charge in [0, 0.05) is 11.5 Å². The van der Waals surface area contributed by atoms with Gasteiger partial charge in [-0.2, -0.15) is 0 Å². The van der Waals surface area contributed by atoms with E-state index in [1.807, 2.05) is 80.5 Å². The molecule has 102 valence electrons. The van der Waals surface area contributed by atoms with E-state index in [-0.39, 0.29) is 0 Å². The summed E-state index contributed by atoms with van der Waals surface area (Å²) in [7, 11) is 15.5. The average Bonchev–Trinajstić information content (AvgIpc) is 2.35. The zero-order valence-electron chi connectivity index (χ0n) is 9.63. The number of hydrogen-bond donors (Lipinski definition) is 0. The lowest BCUT2D eigenvalue weighted by atomic mass is 10.1. The highest BCUT2D eigenvalue weighted by atomic mass is 34.0. The lowest BCUT2D eigenvalue weighted by molar-refractivity contribution is 0.606. The van der Waals surface area contributed by atoms with Crippen molar-refractivity contribution in [2.24, 2.45) is 0 Å². The van der Waals surface area contributed by atoms with Crippen LogP contribution in [0, 0.1) is 0 Å². The fourth-order valence-corrected chi connectivity index (χ4v) is 18.6. The third kappa shape index (κ3) is 13.5. The molecule has 1 saturated heterocycles. The van der Waals surface area contributed by atoms with Crippen LogP contribution in [0.3, 0.4) is 0 Å². The van der Waals surface area contributed by atoms with Gasteiger partial charge < -0.3 is 0 Å². The summed E-state index contributed by atoms with van der Waals surface area (Å²) >= 11 is 0. The van der Waals surface area contributed by atoms with Crippen LogP contribution < -0.4 is 0 Å². The van der Waals surface area contributed by atoms with Crippen molar-refractivity contribution in [3.05, 3.63) is 0 Å². The van der Waals surface area contributed by atoms with Crippen molar-refractivity contribution in [1.29, 1.82) is 0 Å². The van der Waals surface area contributed by atoms with E-state index in [9.17, 15) is 0 Å². The summed E-state index contributed by atoms with van der Waals surface area (Å²) in [6, 6.07) is 0. The van der Waals surface area contributed by atoms with Crippen LogP contribution in [0.25, 0.3) is 0 Å². The van der Waals surface area contributed by atoms with Gasteiger partial charge >= 0.3 is 0 Å². The maximum absolute atomic E-state index is 2.02. The van der Waals surface area contributed by atoms with Gasteiger partial charge in [0.25, 0.3) is 0 Å². The third-order valence-electron chi connectivity index (χ3n) is 2.19. The lowest BCUT2D eigenvalue weighted by Gasteiger charge is -2.01. The Kier molecular flexibility index (Phi) is 16.0. The summed E-state index contributed by atoms with van der Waals surface area (Å²) in [6.07, 6.45) is 10.0. The minimum Gasteiger partial charge on any atom is -0.0817 e. The molecule has 0 spiro atoms. The van der Waals surface area contributed by atoms with Gasteiger partial charge in [0.05, 0.1) is 0 Å². The Balaban J connectivity index is 2.01. The topological polar surface area (TPSA) is 0 Å². The van der Waals surface area contributed by atoms with Crippen molar-refractivity contribution in [3.63, 3.8) is 0 Å². The molecule has 0 bridgehead atoms. The molecule has 0 nitrogen and oxygen atoms in total. The summed E-state index contributed by atoms with van der Waals surface area (Å²) in [5.41, 5.74) is 0. The number of rotatable bonds is 0. The van der Waals surface area contributed by atoms with Crippen LogP contribution in [0.15, 0.2) is 0 Å². The summed E-state index contributed by atoms with van der Waals surface area (Å²) in [4.78, 5) is 0. The Bertz CT molecular complexity index is 86.4. The average molecular weight is 383 g/mol. The van der Waals surface area contributed by atoms with Crippen molar-refractivity contribution >= 4 is 80.5 Å². The summed E-state index contributed by atoms with van der Waals surface area (Å²) < 4.78 is 0. The predicted molar refractivity (Wildman–Crippen MR) is 103 cm³/mol. The SMILES string of the molecule is C1CCCCSSSSSSSSCCCC1. The lowest BCUT2D eigenvalue weighted by Crippen LogP contribution is -1.83. The Morgan fingerprint density at radius 2 is 0.706 bits per heavy atom. The quantitative estimate of drug-likeness (QED) is 0.381. The third-order valence-corrected chi connectivity index (χ3v) is 17.7. The molecule has 1 heterocycles. The van der Waals surface area contributed by atoms with Crippen molar-refractivity contribution in [2.75, 3.05) is 11.5 Å². The van der Waals surface area contributed by atoms with Gasteiger partial charge in [-0.05, 0) is 71.8 Å². The molecule has 0 aromatic heterocycles. The molecule has 0 unspecified atom stereocenters. The van der Waals surface area contributed by atoms with Crippen molar-refractivity contribution in [2.45, 2.75) is 44.9 Å². The molecule has 0 aliphatic carbocycles. The Labute approximate surface area is 135 Å². The molecule has 8 heteroatoms. The monoisotopic (exact) mass is 382 g/mol. The van der Waals surface area contributed by atoms with Gasteiger partial charge in [0.1, 0.15) is 0 Å². The highest BCUT2D eigenvalue weighted by molar-refractivity contribution is 9.48. The minimum absolute atomic E-state index is 1.32. The van der Waals surface area contributed by atoms with E-state index >= 15 is 0 Å². The molecule has 1 rings (SSSR count). The molecular weight excluding hydrogens is 365 g/mol. The zero-order chi connectivity index (χ0) is 12.0. The van der Waals surface area contributed by atoms with Gasteiger partial charge in [-0.15, -0.1) is 0 Å². The summed E-state index contributed by atoms with van der Waals surface area (Å²) in [6.45, 7) is 0. The van der Waals surface area contributed by atoms with E-state index in [2.05, 4.69) is 0 Å². The molecule has 0 amide bonds. The van der Waals surface area contributed by atoms with Crippen LogP contribution in [0.2, 0.25) is 0 Å². The Morgan fingerprint density at radius 1 is 0.353 bits per heavy atom. The normalized spacial score (nSPS) is 24.0. The van der Waals surface area contributed by atoms with E-state index in [0.717, 1.165) is 0 Å². The molecule has 0 atom stereocenters. The maximum Gasteiger partial charge on any atom is 0.00454 e. The smallest absolute Gasteiger partial charge is 0.00454 e. The molecule has 0 radical (unpaired) electrons. The van der Waals surface area contributed by atoms with Crippen LogP contribution in [-0.2, 0) is 0 Å². The van der Waals surface area contributed by atoms with Crippen LogP contribution in [0.4, 0.5) is 0 Å². The van der Waals surface area contributed by atoms with Gasteiger partial charge in [0.15, 0.2) is 0 Å². The Hall–Kier alpha value is 2.80. The minimum atomic E-state index is 1.32. The van der Waals surface area contributed by atoms with Gasteiger partial charge in [-0.25, -0.2) is 0 Å². The van der Waals surface area contributed by atoms with Crippen molar-refractivity contribution < 1.29 is 0 Å². The van der Waals surface area contributed by atoms with Gasteiger partial charge in [-0.1, -0.05) is 53.7 Å². The van der Waals surface area contributed by atoms with Crippen molar-refractivity contribution in [3.8, 4) is 0 Å². The highest BCUT2D eigenvalue weighted by Gasteiger charge is 1.98. The van der Waals surface area contributed by atoms with Crippen molar-refractivity contribution in [1.82, 2.24) is 0 Å². The second-order valence-corrected chi connectivity index (χ2v) is 16.8. The summed E-state index contributed by atoms with van der Waals surface area (Å²) in [5.74, 6) is 2.64. The fourth-order valence-electron chi connectivity index (χ4n) is 1.36. The highest BCUT2D eigenvalue weighted by Crippen LogP contribution is 2.57. The molecule has 0 aromatic carbocycles. The molecule has 0 N–H and O–H groups in total. The number of hydrogen-bond acceptors (Lipinski definition) is 8. The molecule has 1 fully saturated rings. The van der Waals surface area contributed by atoms with E-state index in [4.69, 9.17) is 0 Å². The second kappa shape index (κ2) is 15.2. The first kappa shape index (κ1) is 17.9. The van der Waals surface area contributed by atoms with E-state index in [0.29, 0.717) is 0 Å². The van der Waals surface area contributed by atoms with Crippen LogP contribution in [-0.4, -0.2) is 11.5 Å². The second-order valence-electron chi connectivity index (χ2n) is 3.53. The van der Waals surface area contributed by atoms with Crippen LogP contribution >= 0.6 is 80.5 Å². The standard InChI is InChI=1S/C9H18S8/c1-2-4-6-8-10-12-14-16-17-15-13-11-9-7-5-3-1/h1-9H2. The predicted octanol–water partition coefficient (Wildman–Crippen LogP) is 8.00. The van der Waals surface area contributed by atoms with Gasteiger partial charge in [0.2, 0.25) is 0 Å². The molecule has 1 aliphatic rings. The molecule has 1 aliphatic heterocycles. The maximum atomic E-state index is 2.02. The van der Waals surface area contributed by atoms with E-state index in [1.165, 1.54) is 56.5 Å². The first-order valence-corrected chi connectivity index (χ1v) is 16.2. The fraction of sp³-hybridized carbons (Fsp3) is 1.00. The van der Waals surface area contributed by atoms with E-state index in [1.54, 1.807) is 0 Å². The first-order valence-electron chi connectivity index (χ1n) is 5.74. The molecule has 0 aromatic rings. The zero-order valence-corrected chi connectivity index (χ0v) is 16.2. The van der Waals surface area contributed by atoms with Gasteiger partial charge in [-0.3, -0.25) is 0 Å².